The van der Waals surface area contributed by atoms with Crippen LogP contribution >= 0.6 is 0 Å². The molecule has 0 fully saturated rings. The van der Waals surface area contributed by atoms with Crippen molar-refractivity contribution >= 4 is 5.78 Å². The van der Waals surface area contributed by atoms with Gasteiger partial charge in [0.25, 0.3) is 0 Å². The number of rotatable bonds is 6. The van der Waals surface area contributed by atoms with Crippen LogP contribution in [0, 0.1) is 0 Å². The lowest BCUT2D eigenvalue weighted by Crippen LogP contribution is -2.32. The number of carbonyl (C=O) groups is 1. The third kappa shape index (κ3) is 3.35. The Morgan fingerprint density at radius 2 is 2.00 bits per heavy atom. The van der Waals surface area contributed by atoms with E-state index in [0.29, 0.717) is 18.7 Å². The van der Waals surface area contributed by atoms with Crippen LogP contribution in [0.15, 0.2) is 49.1 Å². The zero-order chi connectivity index (χ0) is 19.8. The average Bonchev–Trinajstić information content (AvgIpc) is 3.48. The average molecular weight is 391 g/mol. The van der Waals surface area contributed by atoms with Crippen molar-refractivity contribution in [3.63, 3.8) is 0 Å². The summed E-state index contributed by atoms with van der Waals surface area (Å²) >= 11 is 0. The SMILES string of the molecule is COc1ccc(C(=O)Cn2cc[n+](Cc3c4c(cc5c3OCC5)OCC4)c2)cc1. The monoisotopic (exact) mass is 391 g/mol. The summed E-state index contributed by atoms with van der Waals surface area (Å²) in [5.41, 5.74) is 4.36. The van der Waals surface area contributed by atoms with Crippen molar-refractivity contribution in [1.82, 2.24) is 4.57 Å². The lowest BCUT2D eigenvalue weighted by atomic mass is 9.99. The molecule has 6 nitrogen and oxygen atoms in total. The molecule has 5 rings (SSSR count). The smallest absolute Gasteiger partial charge is 0.244 e. The quantitative estimate of drug-likeness (QED) is 0.479. The Morgan fingerprint density at radius 1 is 1.17 bits per heavy atom. The standard InChI is InChI=1S/C23H23N2O4/c1-27-18-4-2-16(3-5-18)21(26)14-25-9-8-24(15-25)13-20-19-7-11-28-22(19)12-17-6-10-29-23(17)20/h2-5,8-9,12,15H,6-7,10-11,13-14H2,1H3/q+1. The predicted molar refractivity (Wildman–Crippen MR) is 106 cm³/mol. The molecule has 3 heterocycles. The van der Waals surface area contributed by atoms with Gasteiger partial charge in [-0.05, 0) is 30.3 Å². The number of fused-ring (bicyclic) bond motifs is 2. The Hall–Kier alpha value is -3.28. The number of hydrogen-bond donors (Lipinski definition) is 0. The molecule has 0 N–H and O–H groups in total. The first kappa shape index (κ1) is 17.8. The van der Waals surface area contributed by atoms with Gasteiger partial charge in [-0.1, -0.05) is 0 Å². The second-order valence-corrected chi connectivity index (χ2v) is 7.43. The van der Waals surface area contributed by atoms with E-state index >= 15 is 0 Å². The zero-order valence-electron chi connectivity index (χ0n) is 16.4. The van der Waals surface area contributed by atoms with Gasteiger partial charge in [-0.25, -0.2) is 9.13 Å². The lowest BCUT2D eigenvalue weighted by Gasteiger charge is -2.11. The summed E-state index contributed by atoms with van der Waals surface area (Å²) in [6.07, 6.45) is 7.75. The van der Waals surface area contributed by atoms with Crippen molar-refractivity contribution < 1.29 is 23.6 Å². The second-order valence-electron chi connectivity index (χ2n) is 7.43. The van der Waals surface area contributed by atoms with Gasteiger partial charge in [0.15, 0.2) is 6.54 Å². The Bertz CT molecular complexity index is 1040. The number of ether oxygens (including phenoxy) is 3. The normalized spacial score (nSPS) is 14.1. The van der Waals surface area contributed by atoms with Gasteiger partial charge in [-0.15, -0.1) is 0 Å². The zero-order valence-corrected chi connectivity index (χ0v) is 16.4. The largest absolute Gasteiger partial charge is 0.497 e. The molecule has 6 heteroatoms. The molecular formula is C23H23N2O4+. The molecule has 0 spiro atoms. The van der Waals surface area contributed by atoms with Crippen molar-refractivity contribution in [2.75, 3.05) is 20.3 Å². The van der Waals surface area contributed by atoms with Gasteiger partial charge in [0.1, 0.15) is 36.2 Å². The molecule has 29 heavy (non-hydrogen) atoms. The van der Waals surface area contributed by atoms with Crippen LogP contribution in [-0.2, 0) is 25.9 Å². The fourth-order valence-corrected chi connectivity index (χ4v) is 4.09. The minimum Gasteiger partial charge on any atom is -0.497 e. The minimum atomic E-state index is 0.0635. The van der Waals surface area contributed by atoms with Crippen molar-refractivity contribution in [2.24, 2.45) is 0 Å². The predicted octanol–water partition coefficient (Wildman–Crippen LogP) is 2.59. The molecule has 0 saturated heterocycles. The lowest BCUT2D eigenvalue weighted by molar-refractivity contribution is -0.687. The molecule has 0 bridgehead atoms. The van der Waals surface area contributed by atoms with Crippen LogP contribution in [0.5, 0.6) is 17.2 Å². The number of methoxy groups -OCH3 is 1. The molecule has 0 saturated carbocycles. The van der Waals surface area contributed by atoms with Gasteiger partial charge in [-0.3, -0.25) is 4.79 Å². The number of benzene rings is 2. The van der Waals surface area contributed by atoms with Crippen LogP contribution in [0.4, 0.5) is 0 Å². The van der Waals surface area contributed by atoms with Crippen LogP contribution in [-0.4, -0.2) is 30.7 Å². The minimum absolute atomic E-state index is 0.0635. The molecule has 2 aromatic carbocycles. The molecular weight excluding hydrogens is 368 g/mol. The maximum absolute atomic E-state index is 12.6. The number of aromatic nitrogens is 2. The second kappa shape index (κ2) is 7.28. The van der Waals surface area contributed by atoms with E-state index in [1.807, 2.05) is 35.4 Å². The fraction of sp³-hybridized carbons (Fsp3) is 0.304. The summed E-state index contributed by atoms with van der Waals surface area (Å²) < 4.78 is 20.9. The van der Waals surface area contributed by atoms with Crippen LogP contribution in [0.25, 0.3) is 0 Å². The summed E-state index contributed by atoms with van der Waals surface area (Å²) in [6, 6.07) is 9.35. The topological polar surface area (TPSA) is 53.6 Å². The van der Waals surface area contributed by atoms with E-state index in [1.54, 1.807) is 19.2 Å². The van der Waals surface area contributed by atoms with Crippen molar-refractivity contribution in [3.05, 3.63) is 71.3 Å². The summed E-state index contributed by atoms with van der Waals surface area (Å²) in [5.74, 6) is 2.82. The molecule has 0 atom stereocenters. The molecule has 0 aliphatic carbocycles. The van der Waals surface area contributed by atoms with Gasteiger partial charge in [-0.2, -0.15) is 0 Å². The highest BCUT2D eigenvalue weighted by Gasteiger charge is 2.27. The van der Waals surface area contributed by atoms with E-state index in [0.717, 1.165) is 43.3 Å². The van der Waals surface area contributed by atoms with E-state index in [1.165, 1.54) is 16.7 Å². The number of Topliss-reactive ketones (excluding diaryl/α,β-unsaturated/α-hetero) is 1. The number of carbonyl (C=O) groups excluding carboxylic acids is 1. The molecule has 2 aliphatic heterocycles. The van der Waals surface area contributed by atoms with E-state index in [-0.39, 0.29) is 5.78 Å². The first-order valence-corrected chi connectivity index (χ1v) is 9.86. The molecule has 0 unspecified atom stereocenters. The maximum Gasteiger partial charge on any atom is 0.244 e. The molecule has 148 valence electrons. The highest BCUT2D eigenvalue weighted by Crippen LogP contribution is 2.40. The van der Waals surface area contributed by atoms with Gasteiger partial charge >= 0.3 is 0 Å². The molecule has 1 aromatic heterocycles. The molecule has 3 aromatic rings. The summed E-state index contributed by atoms with van der Waals surface area (Å²) in [7, 11) is 1.62. The molecule has 2 aliphatic rings. The number of ketones is 1. The Morgan fingerprint density at radius 3 is 2.83 bits per heavy atom. The van der Waals surface area contributed by atoms with E-state index in [4.69, 9.17) is 14.2 Å². The molecule has 0 radical (unpaired) electrons. The fourth-order valence-electron chi connectivity index (χ4n) is 4.09. The third-order valence-electron chi connectivity index (χ3n) is 5.59. The highest BCUT2D eigenvalue weighted by atomic mass is 16.5. The van der Waals surface area contributed by atoms with Crippen LogP contribution in [0.1, 0.15) is 27.0 Å². The van der Waals surface area contributed by atoms with E-state index in [2.05, 4.69) is 10.6 Å². The van der Waals surface area contributed by atoms with Crippen molar-refractivity contribution in [2.45, 2.75) is 25.9 Å². The van der Waals surface area contributed by atoms with E-state index < -0.39 is 0 Å². The van der Waals surface area contributed by atoms with Gasteiger partial charge in [0, 0.05) is 35.1 Å². The Labute approximate surface area is 169 Å². The van der Waals surface area contributed by atoms with Gasteiger partial charge < -0.3 is 14.2 Å². The summed E-state index contributed by atoms with van der Waals surface area (Å²) in [5, 5.41) is 0. The summed E-state index contributed by atoms with van der Waals surface area (Å²) in [4.78, 5) is 12.6. The first-order chi connectivity index (χ1) is 14.2. The van der Waals surface area contributed by atoms with Crippen LogP contribution in [0.2, 0.25) is 0 Å². The first-order valence-electron chi connectivity index (χ1n) is 9.86. The molecule has 0 amide bonds. The van der Waals surface area contributed by atoms with Crippen molar-refractivity contribution in [3.8, 4) is 17.2 Å². The Kier molecular flexibility index (Phi) is 4.46. The van der Waals surface area contributed by atoms with E-state index in [9.17, 15) is 4.79 Å². The third-order valence-corrected chi connectivity index (χ3v) is 5.59. The number of hydrogen-bond acceptors (Lipinski definition) is 4. The van der Waals surface area contributed by atoms with Crippen molar-refractivity contribution in [1.29, 1.82) is 0 Å². The van der Waals surface area contributed by atoms with Crippen LogP contribution < -0.4 is 18.8 Å². The highest BCUT2D eigenvalue weighted by molar-refractivity contribution is 5.95. The van der Waals surface area contributed by atoms with Gasteiger partial charge in [0.05, 0.1) is 20.3 Å². The van der Waals surface area contributed by atoms with Gasteiger partial charge in [0.2, 0.25) is 12.1 Å². The Balaban J connectivity index is 1.34. The summed E-state index contributed by atoms with van der Waals surface area (Å²) in [6.45, 7) is 2.46. The number of nitrogens with zero attached hydrogens (tertiary/aromatic N) is 2. The van der Waals surface area contributed by atoms with Crippen LogP contribution in [0.3, 0.4) is 0 Å². The maximum atomic E-state index is 12.6. The number of imidazole rings is 1.